The molecular weight excluding hydrogens is 314 g/mol. The lowest BCUT2D eigenvalue weighted by Gasteiger charge is -2.52. The molecule has 1 spiro atoms. The number of likely N-dealkylation sites (tertiary alicyclic amines) is 1. The van der Waals surface area contributed by atoms with Crippen LogP contribution in [0, 0.1) is 18.3 Å². The minimum absolute atomic E-state index is 0.0468. The Morgan fingerprint density at radius 1 is 1.24 bits per heavy atom. The predicted octanol–water partition coefficient (Wildman–Crippen LogP) is 3.26. The second kappa shape index (κ2) is 5.73. The first kappa shape index (κ1) is 16.9. The van der Waals surface area contributed by atoms with E-state index in [1.54, 1.807) is 7.11 Å². The number of methoxy groups -OCH3 is 1. The fourth-order valence-corrected chi connectivity index (χ4v) is 5.26. The zero-order chi connectivity index (χ0) is 17.8. The van der Waals surface area contributed by atoms with Gasteiger partial charge in [0, 0.05) is 24.4 Å². The third-order valence-corrected chi connectivity index (χ3v) is 6.57. The summed E-state index contributed by atoms with van der Waals surface area (Å²) >= 11 is 0. The molecule has 1 aromatic rings. The van der Waals surface area contributed by atoms with Crippen molar-refractivity contribution in [3.8, 4) is 5.75 Å². The highest BCUT2D eigenvalue weighted by Crippen LogP contribution is 2.53. The van der Waals surface area contributed by atoms with E-state index in [2.05, 4.69) is 25.1 Å². The van der Waals surface area contributed by atoms with Gasteiger partial charge in [-0.3, -0.25) is 4.79 Å². The molecule has 1 aliphatic heterocycles. The Balaban J connectivity index is 1.36. The Bertz CT molecular complexity index is 682. The topological polar surface area (TPSA) is 49.8 Å². The summed E-state index contributed by atoms with van der Waals surface area (Å²) in [6.45, 7) is 5.76. The van der Waals surface area contributed by atoms with Crippen molar-refractivity contribution in [1.29, 1.82) is 0 Å². The summed E-state index contributed by atoms with van der Waals surface area (Å²) in [5.41, 5.74) is 2.33. The molecule has 1 heterocycles. The molecule has 1 N–H and O–H groups in total. The Kier molecular flexibility index (Phi) is 3.87. The van der Waals surface area contributed by atoms with Gasteiger partial charge in [0.05, 0.1) is 12.7 Å². The third-order valence-electron chi connectivity index (χ3n) is 6.57. The highest BCUT2D eigenvalue weighted by molar-refractivity contribution is 5.81. The second-order valence-electron chi connectivity index (χ2n) is 9.02. The lowest BCUT2D eigenvalue weighted by Crippen LogP contribution is -2.61. The van der Waals surface area contributed by atoms with E-state index >= 15 is 0 Å². The van der Waals surface area contributed by atoms with E-state index in [-0.39, 0.29) is 11.8 Å². The number of aryl methyl sites for hydroxylation is 1. The number of hydrogen-bond acceptors (Lipinski definition) is 3. The number of nitrogens with zero attached hydrogens (tertiary/aromatic N) is 1. The van der Waals surface area contributed by atoms with Gasteiger partial charge in [-0.15, -0.1) is 0 Å². The fourth-order valence-electron chi connectivity index (χ4n) is 5.26. The van der Waals surface area contributed by atoms with Crippen molar-refractivity contribution in [3.63, 3.8) is 0 Å². The highest BCUT2D eigenvalue weighted by Gasteiger charge is 2.53. The Hall–Kier alpha value is -1.55. The number of carbonyl (C=O) groups excluding carboxylic acids is 1. The van der Waals surface area contributed by atoms with Crippen LogP contribution in [0.1, 0.15) is 56.1 Å². The molecular formula is C21H29NO3. The number of amides is 1. The second-order valence-corrected chi connectivity index (χ2v) is 9.02. The molecule has 136 valence electrons. The molecule has 0 aromatic heterocycles. The number of rotatable bonds is 3. The smallest absolute Gasteiger partial charge is 0.225 e. The fraction of sp³-hybridized carbons (Fsp3) is 0.667. The molecule has 2 saturated carbocycles. The molecule has 1 amide bonds. The van der Waals surface area contributed by atoms with Gasteiger partial charge in [-0.2, -0.15) is 0 Å². The van der Waals surface area contributed by atoms with Crippen LogP contribution in [0.5, 0.6) is 5.75 Å². The van der Waals surface area contributed by atoms with Gasteiger partial charge in [0.2, 0.25) is 5.91 Å². The first-order chi connectivity index (χ1) is 11.8. The Labute approximate surface area is 150 Å². The maximum atomic E-state index is 12.5. The van der Waals surface area contributed by atoms with E-state index in [4.69, 9.17) is 4.74 Å². The van der Waals surface area contributed by atoms with Crippen LogP contribution in [0.3, 0.4) is 0 Å². The predicted molar refractivity (Wildman–Crippen MR) is 96.7 cm³/mol. The van der Waals surface area contributed by atoms with Crippen molar-refractivity contribution in [3.05, 3.63) is 29.3 Å². The molecule has 4 nitrogen and oxygen atoms in total. The minimum Gasteiger partial charge on any atom is -0.497 e. The van der Waals surface area contributed by atoms with Gasteiger partial charge < -0.3 is 14.7 Å². The first-order valence-corrected chi connectivity index (χ1v) is 9.46. The van der Waals surface area contributed by atoms with Crippen molar-refractivity contribution in [2.45, 2.75) is 57.5 Å². The van der Waals surface area contributed by atoms with Crippen LogP contribution in [0.15, 0.2) is 18.2 Å². The molecule has 2 aliphatic carbocycles. The zero-order valence-electron chi connectivity index (χ0n) is 15.5. The van der Waals surface area contributed by atoms with Gasteiger partial charge in [-0.25, -0.2) is 0 Å². The summed E-state index contributed by atoms with van der Waals surface area (Å²) in [7, 11) is 1.72. The number of carbonyl (C=O) groups is 1. The van der Waals surface area contributed by atoms with Crippen molar-refractivity contribution in [1.82, 2.24) is 4.90 Å². The number of benzene rings is 1. The van der Waals surface area contributed by atoms with Crippen molar-refractivity contribution >= 4 is 5.91 Å². The van der Waals surface area contributed by atoms with Gasteiger partial charge in [0.15, 0.2) is 0 Å². The molecule has 3 fully saturated rings. The maximum Gasteiger partial charge on any atom is 0.225 e. The van der Waals surface area contributed by atoms with Gasteiger partial charge in [-0.1, -0.05) is 6.07 Å². The number of aliphatic hydroxyl groups is 1. The van der Waals surface area contributed by atoms with Crippen molar-refractivity contribution < 1.29 is 14.6 Å². The third kappa shape index (κ3) is 3.05. The molecule has 4 heteroatoms. The lowest BCUT2D eigenvalue weighted by molar-refractivity contribution is -0.161. The van der Waals surface area contributed by atoms with Gasteiger partial charge in [-0.05, 0) is 75.1 Å². The standard InChI is InChI=1S/C21H29NO3/c1-14-6-16(8-18(7-14)25-3)15-4-5-21(11-15)12-22(13-21)19(23)17-9-20(2,24)10-17/h6-8,15,17,24H,4-5,9-13H2,1-3H3. The van der Waals surface area contributed by atoms with Crippen molar-refractivity contribution in [2.24, 2.45) is 11.3 Å². The van der Waals surface area contributed by atoms with E-state index < -0.39 is 5.60 Å². The minimum atomic E-state index is -0.619. The van der Waals surface area contributed by atoms with Gasteiger partial charge in [0.1, 0.15) is 5.75 Å². The first-order valence-electron chi connectivity index (χ1n) is 9.46. The maximum absolute atomic E-state index is 12.5. The van der Waals surface area contributed by atoms with Crippen LogP contribution in [-0.2, 0) is 4.79 Å². The zero-order valence-corrected chi connectivity index (χ0v) is 15.5. The summed E-state index contributed by atoms with van der Waals surface area (Å²) < 4.78 is 5.42. The van der Waals surface area contributed by atoms with Crippen molar-refractivity contribution in [2.75, 3.05) is 20.2 Å². The summed E-state index contributed by atoms with van der Waals surface area (Å²) in [5.74, 6) is 1.83. The van der Waals surface area contributed by atoms with E-state index in [0.29, 0.717) is 24.2 Å². The summed E-state index contributed by atoms with van der Waals surface area (Å²) in [6.07, 6.45) is 4.83. The quantitative estimate of drug-likeness (QED) is 0.916. The molecule has 0 radical (unpaired) electrons. The van der Waals surface area contributed by atoms with Crippen LogP contribution in [0.2, 0.25) is 0 Å². The monoisotopic (exact) mass is 343 g/mol. The van der Waals surface area contributed by atoms with E-state index in [0.717, 1.165) is 18.8 Å². The van der Waals surface area contributed by atoms with Crippen LogP contribution >= 0.6 is 0 Å². The molecule has 1 unspecified atom stereocenters. The molecule has 1 aromatic carbocycles. The number of ether oxygens (including phenoxy) is 1. The van der Waals surface area contributed by atoms with Crippen LogP contribution < -0.4 is 4.74 Å². The summed E-state index contributed by atoms with van der Waals surface area (Å²) in [4.78, 5) is 14.5. The summed E-state index contributed by atoms with van der Waals surface area (Å²) in [5, 5.41) is 9.85. The molecule has 1 atom stereocenters. The summed E-state index contributed by atoms with van der Waals surface area (Å²) in [6, 6.07) is 6.53. The molecule has 1 saturated heterocycles. The average Bonchev–Trinajstić information content (AvgIpc) is 2.95. The Morgan fingerprint density at radius 2 is 1.96 bits per heavy atom. The van der Waals surface area contributed by atoms with Gasteiger partial charge in [0.25, 0.3) is 0 Å². The molecule has 4 rings (SSSR count). The van der Waals surface area contributed by atoms with Gasteiger partial charge >= 0.3 is 0 Å². The largest absolute Gasteiger partial charge is 0.497 e. The van der Waals surface area contributed by atoms with E-state index in [1.807, 2.05) is 11.8 Å². The molecule has 3 aliphatic rings. The van der Waals surface area contributed by atoms with E-state index in [9.17, 15) is 9.90 Å². The molecule has 0 bridgehead atoms. The SMILES string of the molecule is COc1cc(C)cc(C2CCC3(C2)CN(C(=O)C2CC(C)(O)C2)C3)c1. The highest BCUT2D eigenvalue weighted by atomic mass is 16.5. The molecule has 25 heavy (non-hydrogen) atoms. The van der Waals surface area contributed by atoms with Crippen LogP contribution in [0.25, 0.3) is 0 Å². The average molecular weight is 343 g/mol. The normalized spacial score (nSPS) is 33.0. The Morgan fingerprint density at radius 3 is 2.60 bits per heavy atom. The van der Waals surface area contributed by atoms with Crippen LogP contribution in [-0.4, -0.2) is 41.7 Å². The van der Waals surface area contributed by atoms with E-state index in [1.165, 1.54) is 30.4 Å². The van der Waals surface area contributed by atoms with Crippen LogP contribution in [0.4, 0.5) is 0 Å². The number of hydrogen-bond donors (Lipinski definition) is 1. The lowest BCUT2D eigenvalue weighted by atomic mass is 9.69.